The van der Waals surface area contributed by atoms with Gasteiger partial charge in [0, 0.05) is 12.2 Å². The molecule has 0 amide bonds. The first-order chi connectivity index (χ1) is 10.1. The van der Waals surface area contributed by atoms with Gasteiger partial charge in [0.25, 0.3) is 0 Å². The number of esters is 1. The third-order valence-corrected chi connectivity index (χ3v) is 3.44. The number of rotatable bonds is 4. The van der Waals surface area contributed by atoms with E-state index in [1.165, 1.54) is 12.7 Å². The number of benzene rings is 2. The van der Waals surface area contributed by atoms with Gasteiger partial charge in [-0.1, -0.05) is 23.8 Å². The Hall–Kier alpha value is -2.49. The van der Waals surface area contributed by atoms with Crippen LogP contribution in [-0.2, 0) is 4.74 Å². The summed E-state index contributed by atoms with van der Waals surface area (Å²) in [7, 11) is 1.35. The van der Waals surface area contributed by atoms with Crippen molar-refractivity contribution in [2.24, 2.45) is 0 Å². The fourth-order valence-corrected chi connectivity index (χ4v) is 2.29. The van der Waals surface area contributed by atoms with E-state index in [2.05, 4.69) is 17.0 Å². The summed E-state index contributed by atoms with van der Waals surface area (Å²) in [5.41, 5.74) is 10.0. The lowest BCUT2D eigenvalue weighted by molar-refractivity contribution is 0.0602. The normalized spacial score (nSPS) is 10.2. The zero-order valence-electron chi connectivity index (χ0n) is 12.6. The summed E-state index contributed by atoms with van der Waals surface area (Å²) >= 11 is 0. The Balaban J connectivity index is 2.48. The maximum atomic E-state index is 11.8. The van der Waals surface area contributed by atoms with E-state index in [0.717, 1.165) is 17.9 Å². The molecule has 110 valence electrons. The van der Waals surface area contributed by atoms with Gasteiger partial charge in [-0.15, -0.1) is 0 Å². The van der Waals surface area contributed by atoms with Crippen LogP contribution in [0.15, 0.2) is 42.5 Å². The van der Waals surface area contributed by atoms with E-state index in [0.29, 0.717) is 11.3 Å². The molecule has 21 heavy (non-hydrogen) atoms. The summed E-state index contributed by atoms with van der Waals surface area (Å²) in [6.07, 6.45) is 0. The van der Waals surface area contributed by atoms with E-state index < -0.39 is 5.97 Å². The van der Waals surface area contributed by atoms with Crippen LogP contribution in [-0.4, -0.2) is 19.6 Å². The van der Waals surface area contributed by atoms with E-state index in [9.17, 15) is 4.79 Å². The smallest absolute Gasteiger partial charge is 0.340 e. The molecule has 0 radical (unpaired) electrons. The number of nitrogen functional groups attached to an aromatic ring is 1. The molecule has 2 N–H and O–H groups in total. The molecule has 2 aromatic rings. The van der Waals surface area contributed by atoms with Gasteiger partial charge in [-0.05, 0) is 38.1 Å². The molecule has 0 bridgehead atoms. The van der Waals surface area contributed by atoms with Crippen molar-refractivity contribution >= 4 is 23.0 Å². The minimum Gasteiger partial charge on any atom is -0.465 e. The first-order valence-electron chi connectivity index (χ1n) is 6.89. The molecule has 0 aliphatic carbocycles. The van der Waals surface area contributed by atoms with Gasteiger partial charge in [0.2, 0.25) is 0 Å². The Morgan fingerprint density at radius 2 is 1.86 bits per heavy atom. The largest absolute Gasteiger partial charge is 0.465 e. The van der Waals surface area contributed by atoms with Crippen molar-refractivity contribution in [3.05, 3.63) is 53.6 Å². The number of hydrogen-bond donors (Lipinski definition) is 1. The maximum Gasteiger partial charge on any atom is 0.340 e. The Bertz CT molecular complexity index is 636. The second-order valence-electron chi connectivity index (χ2n) is 4.81. The molecular formula is C17H20N2O2. The zero-order chi connectivity index (χ0) is 15.4. The number of methoxy groups -OCH3 is 1. The predicted octanol–water partition coefficient (Wildman–Crippen LogP) is 3.52. The van der Waals surface area contributed by atoms with Crippen LogP contribution in [0.1, 0.15) is 22.8 Å². The van der Waals surface area contributed by atoms with Crippen LogP contribution in [0, 0.1) is 6.92 Å². The Labute approximate surface area is 125 Å². The molecule has 0 aliphatic heterocycles. The topological polar surface area (TPSA) is 55.6 Å². The molecule has 0 atom stereocenters. The Morgan fingerprint density at radius 3 is 2.43 bits per heavy atom. The van der Waals surface area contributed by atoms with Crippen molar-refractivity contribution in [3.8, 4) is 0 Å². The Morgan fingerprint density at radius 1 is 1.19 bits per heavy atom. The molecule has 0 unspecified atom stereocenters. The molecule has 0 spiro atoms. The molecule has 0 aliphatic rings. The molecule has 2 rings (SSSR count). The van der Waals surface area contributed by atoms with E-state index >= 15 is 0 Å². The minimum absolute atomic E-state index is 0.389. The van der Waals surface area contributed by atoms with Gasteiger partial charge in [0.1, 0.15) is 0 Å². The summed E-state index contributed by atoms with van der Waals surface area (Å²) in [5.74, 6) is -0.422. The van der Waals surface area contributed by atoms with Gasteiger partial charge in [0.05, 0.1) is 24.0 Å². The summed E-state index contributed by atoms with van der Waals surface area (Å²) in [5, 5.41) is 0. The zero-order valence-corrected chi connectivity index (χ0v) is 12.6. The third kappa shape index (κ3) is 2.99. The summed E-state index contributed by atoms with van der Waals surface area (Å²) < 4.78 is 4.77. The van der Waals surface area contributed by atoms with Gasteiger partial charge < -0.3 is 15.4 Å². The van der Waals surface area contributed by atoms with Gasteiger partial charge in [-0.25, -0.2) is 4.79 Å². The van der Waals surface area contributed by atoms with Gasteiger partial charge in [-0.2, -0.15) is 0 Å². The van der Waals surface area contributed by atoms with Crippen molar-refractivity contribution < 1.29 is 9.53 Å². The molecule has 2 aromatic carbocycles. The fraction of sp³-hybridized carbons (Fsp3) is 0.235. The number of anilines is 3. The number of nitrogens with two attached hydrogens (primary N) is 1. The second kappa shape index (κ2) is 6.31. The first-order valence-corrected chi connectivity index (χ1v) is 6.89. The average molecular weight is 284 g/mol. The number of nitrogens with zero attached hydrogens (tertiary/aromatic N) is 1. The molecule has 0 heterocycles. The van der Waals surface area contributed by atoms with E-state index in [1.807, 2.05) is 38.1 Å². The van der Waals surface area contributed by atoms with Gasteiger partial charge >= 0.3 is 5.97 Å². The summed E-state index contributed by atoms with van der Waals surface area (Å²) in [6, 6.07) is 13.6. The number of ether oxygens (including phenoxy) is 1. The number of para-hydroxylation sites is 1. The minimum atomic E-state index is -0.422. The molecule has 0 saturated carbocycles. The van der Waals surface area contributed by atoms with Crippen molar-refractivity contribution in [2.45, 2.75) is 13.8 Å². The lowest BCUT2D eigenvalue weighted by Gasteiger charge is -2.25. The number of carbonyl (C=O) groups excluding carboxylic acids is 1. The first kappa shape index (κ1) is 14.9. The van der Waals surface area contributed by atoms with Gasteiger partial charge in [0.15, 0.2) is 0 Å². The molecule has 4 nitrogen and oxygen atoms in total. The highest BCUT2D eigenvalue weighted by Crippen LogP contribution is 2.32. The second-order valence-corrected chi connectivity index (χ2v) is 4.81. The maximum absolute atomic E-state index is 11.8. The van der Waals surface area contributed by atoms with Crippen LogP contribution in [0.2, 0.25) is 0 Å². The highest BCUT2D eigenvalue weighted by atomic mass is 16.5. The quantitative estimate of drug-likeness (QED) is 0.689. The van der Waals surface area contributed by atoms with Crippen LogP contribution >= 0.6 is 0 Å². The Kier molecular flexibility index (Phi) is 4.48. The van der Waals surface area contributed by atoms with E-state index in [1.54, 1.807) is 6.07 Å². The van der Waals surface area contributed by atoms with Crippen LogP contribution in [0.4, 0.5) is 17.1 Å². The highest BCUT2D eigenvalue weighted by molar-refractivity contribution is 5.99. The van der Waals surface area contributed by atoms with Crippen LogP contribution in [0.25, 0.3) is 0 Å². The monoisotopic (exact) mass is 284 g/mol. The van der Waals surface area contributed by atoms with Crippen LogP contribution in [0.3, 0.4) is 0 Å². The van der Waals surface area contributed by atoms with Crippen LogP contribution < -0.4 is 10.6 Å². The molecular weight excluding hydrogens is 264 g/mol. The number of carbonyl (C=O) groups is 1. The molecule has 0 saturated heterocycles. The number of hydrogen-bond acceptors (Lipinski definition) is 4. The lowest BCUT2D eigenvalue weighted by atomic mass is 10.1. The van der Waals surface area contributed by atoms with Gasteiger partial charge in [-0.3, -0.25) is 0 Å². The van der Waals surface area contributed by atoms with Crippen molar-refractivity contribution in [3.63, 3.8) is 0 Å². The molecule has 0 aromatic heterocycles. The predicted molar refractivity (Wildman–Crippen MR) is 86.1 cm³/mol. The number of aryl methyl sites for hydroxylation is 1. The van der Waals surface area contributed by atoms with Crippen molar-refractivity contribution in [1.29, 1.82) is 0 Å². The van der Waals surface area contributed by atoms with E-state index in [-0.39, 0.29) is 0 Å². The SMILES string of the molecule is CCN(c1ccc(C)cc1)c1cccc(C(=O)OC)c1N. The summed E-state index contributed by atoms with van der Waals surface area (Å²) in [4.78, 5) is 13.8. The highest BCUT2D eigenvalue weighted by Gasteiger charge is 2.17. The fourth-order valence-electron chi connectivity index (χ4n) is 2.29. The summed E-state index contributed by atoms with van der Waals surface area (Å²) in [6.45, 7) is 4.84. The van der Waals surface area contributed by atoms with Crippen LogP contribution in [0.5, 0.6) is 0 Å². The lowest BCUT2D eigenvalue weighted by Crippen LogP contribution is -2.19. The van der Waals surface area contributed by atoms with E-state index in [4.69, 9.17) is 10.5 Å². The molecule has 0 fully saturated rings. The molecule has 4 heteroatoms. The third-order valence-electron chi connectivity index (χ3n) is 3.44. The van der Waals surface area contributed by atoms with Crippen molar-refractivity contribution in [2.75, 3.05) is 24.3 Å². The average Bonchev–Trinajstić information content (AvgIpc) is 2.50. The van der Waals surface area contributed by atoms with Crippen molar-refractivity contribution in [1.82, 2.24) is 0 Å². The standard InChI is InChI=1S/C17H20N2O2/c1-4-19(13-10-8-12(2)9-11-13)15-7-5-6-14(16(15)18)17(20)21-3/h5-11H,4,18H2,1-3H3.